The standard InChI is InChI=1S/C32H32FN5O4/c1-5-9-27-35-26(6-2)29(21-14-15-28(34-17-21)41-19(3)4)31(39)38(27)18-22-13-12-20(16-25(22)33)23-10-7-8-11-24(23)30-36-32(40)42-37-30/h7-8,10-17,19H,5-6,9,18H2,1-4H3,(H,36,37,40)/p-1. The Morgan fingerprint density at radius 1 is 1.02 bits per heavy atom. The Labute approximate surface area is 242 Å². The number of halogens is 1. The van der Waals surface area contributed by atoms with Gasteiger partial charge in [0.25, 0.3) is 5.56 Å². The molecule has 0 fully saturated rings. The molecule has 5 rings (SSSR count). The third-order valence-electron chi connectivity index (χ3n) is 6.78. The smallest absolute Gasteiger partial charge is 0.262 e. The lowest BCUT2D eigenvalue weighted by atomic mass is 9.98. The van der Waals surface area contributed by atoms with Crippen LogP contribution in [-0.2, 0) is 19.4 Å². The molecule has 10 heteroatoms. The van der Waals surface area contributed by atoms with Gasteiger partial charge in [0.15, 0.2) is 11.9 Å². The molecule has 0 saturated heterocycles. The van der Waals surface area contributed by atoms with E-state index in [4.69, 9.17) is 9.72 Å². The number of benzene rings is 2. The van der Waals surface area contributed by atoms with Crippen molar-refractivity contribution in [3.8, 4) is 45.6 Å². The van der Waals surface area contributed by atoms with Crippen molar-refractivity contribution in [3.05, 3.63) is 94.0 Å². The van der Waals surface area contributed by atoms with Gasteiger partial charge in [-0.15, -0.1) is 0 Å². The molecule has 0 amide bonds. The molecular formula is C32H31FN5O4-. The van der Waals surface area contributed by atoms with E-state index < -0.39 is 11.9 Å². The summed E-state index contributed by atoms with van der Waals surface area (Å²) in [6, 6.07) is 15.5. The molecular weight excluding hydrogens is 537 g/mol. The van der Waals surface area contributed by atoms with Gasteiger partial charge in [-0.3, -0.25) is 9.36 Å². The Balaban J connectivity index is 1.54. The lowest BCUT2D eigenvalue weighted by Crippen LogP contribution is -2.29. The highest BCUT2D eigenvalue weighted by atomic mass is 19.1. The second-order valence-electron chi connectivity index (χ2n) is 10.1. The van der Waals surface area contributed by atoms with E-state index in [1.807, 2.05) is 27.7 Å². The Bertz CT molecular complexity index is 1760. The molecule has 216 valence electrons. The van der Waals surface area contributed by atoms with Crippen LogP contribution in [-0.4, -0.2) is 30.8 Å². The molecule has 2 aromatic carbocycles. The molecule has 0 aliphatic carbocycles. The van der Waals surface area contributed by atoms with Gasteiger partial charge >= 0.3 is 0 Å². The molecule has 0 saturated carbocycles. The number of hydrogen-bond acceptors (Lipinski definition) is 8. The molecule has 0 radical (unpaired) electrons. The highest BCUT2D eigenvalue weighted by molar-refractivity contribution is 5.80. The lowest BCUT2D eigenvalue weighted by Gasteiger charge is -2.18. The van der Waals surface area contributed by atoms with Crippen molar-refractivity contribution in [2.75, 3.05) is 0 Å². The first-order chi connectivity index (χ1) is 20.3. The van der Waals surface area contributed by atoms with Crippen LogP contribution in [0.1, 0.15) is 51.2 Å². The summed E-state index contributed by atoms with van der Waals surface area (Å²) in [7, 11) is 0. The molecule has 0 aliphatic heterocycles. The maximum atomic E-state index is 15.7. The number of hydrogen-bond donors (Lipinski definition) is 0. The fourth-order valence-electron chi connectivity index (χ4n) is 4.87. The maximum Gasteiger partial charge on any atom is 0.262 e. The third-order valence-corrected chi connectivity index (χ3v) is 6.78. The molecule has 42 heavy (non-hydrogen) atoms. The quantitative estimate of drug-likeness (QED) is 0.214. The van der Waals surface area contributed by atoms with Gasteiger partial charge in [-0.25, -0.2) is 19.3 Å². The summed E-state index contributed by atoms with van der Waals surface area (Å²) in [4.78, 5) is 27.0. The molecule has 0 bridgehead atoms. The lowest BCUT2D eigenvalue weighted by molar-refractivity contribution is -0.303. The summed E-state index contributed by atoms with van der Waals surface area (Å²) in [5.41, 5.74) is 3.60. The van der Waals surface area contributed by atoms with Gasteiger partial charge < -0.3 is 14.4 Å². The minimum atomic E-state index is -0.799. The van der Waals surface area contributed by atoms with Crippen LogP contribution < -0.4 is 15.4 Å². The largest absolute Gasteiger partial charge is 0.528 e. The van der Waals surface area contributed by atoms with Crippen molar-refractivity contribution in [2.24, 2.45) is 0 Å². The first kappa shape index (κ1) is 28.7. The molecule has 0 spiro atoms. The Morgan fingerprint density at radius 3 is 2.40 bits per heavy atom. The molecule has 3 aromatic heterocycles. The van der Waals surface area contributed by atoms with E-state index in [0.717, 1.165) is 6.42 Å². The first-order valence-corrected chi connectivity index (χ1v) is 13.9. The Kier molecular flexibility index (Phi) is 8.42. The van der Waals surface area contributed by atoms with Crippen molar-refractivity contribution in [1.82, 2.24) is 24.7 Å². The number of aryl methyl sites for hydroxylation is 2. The average Bonchev–Trinajstić information content (AvgIpc) is 3.42. The van der Waals surface area contributed by atoms with Crippen LogP contribution in [0.15, 0.2) is 70.1 Å². The van der Waals surface area contributed by atoms with E-state index in [2.05, 4.69) is 19.6 Å². The number of nitrogens with zero attached hydrogens (tertiary/aromatic N) is 5. The second kappa shape index (κ2) is 12.3. The topological polar surface area (TPSA) is 119 Å². The van der Waals surface area contributed by atoms with E-state index in [9.17, 15) is 9.90 Å². The third kappa shape index (κ3) is 5.93. The van der Waals surface area contributed by atoms with Crippen molar-refractivity contribution in [1.29, 1.82) is 0 Å². The fraction of sp³-hybridized carbons (Fsp3) is 0.281. The van der Waals surface area contributed by atoms with Crippen LogP contribution >= 0.6 is 0 Å². The van der Waals surface area contributed by atoms with Crippen LogP contribution in [0, 0.1) is 5.82 Å². The van der Waals surface area contributed by atoms with Gasteiger partial charge in [0, 0.05) is 35.4 Å². The van der Waals surface area contributed by atoms with Crippen LogP contribution in [0.4, 0.5) is 4.39 Å². The number of aromatic nitrogens is 5. The minimum Gasteiger partial charge on any atom is -0.528 e. The van der Waals surface area contributed by atoms with E-state index >= 15 is 4.39 Å². The van der Waals surface area contributed by atoms with Gasteiger partial charge in [0.2, 0.25) is 5.88 Å². The normalized spacial score (nSPS) is 11.3. The second-order valence-corrected chi connectivity index (χ2v) is 10.1. The summed E-state index contributed by atoms with van der Waals surface area (Å²) in [5, 5.41) is 15.2. The summed E-state index contributed by atoms with van der Waals surface area (Å²) < 4.78 is 27.5. The number of ether oxygens (including phenoxy) is 1. The SMILES string of the molecule is CCCc1nc(CC)c(-c2ccc(OC(C)C)nc2)c(=O)n1Cc1ccc(-c2ccccc2-c2noc([O-])n2)cc1F. The molecule has 0 atom stereocenters. The van der Waals surface area contributed by atoms with Crippen LogP contribution in [0.5, 0.6) is 12.0 Å². The van der Waals surface area contributed by atoms with Crippen molar-refractivity contribution in [3.63, 3.8) is 0 Å². The van der Waals surface area contributed by atoms with Crippen LogP contribution in [0.25, 0.3) is 33.6 Å². The van der Waals surface area contributed by atoms with Crippen molar-refractivity contribution >= 4 is 0 Å². The van der Waals surface area contributed by atoms with Crippen molar-refractivity contribution in [2.45, 2.75) is 59.6 Å². The Hall–Kier alpha value is -4.86. The average molecular weight is 569 g/mol. The zero-order valence-corrected chi connectivity index (χ0v) is 23.9. The van der Waals surface area contributed by atoms with Gasteiger partial charge in [-0.05, 0) is 49.9 Å². The molecule has 0 N–H and O–H groups in total. The van der Waals surface area contributed by atoms with E-state index in [0.29, 0.717) is 63.6 Å². The summed E-state index contributed by atoms with van der Waals surface area (Å²) in [6.07, 6.45) is 2.70. The molecule has 3 heterocycles. The summed E-state index contributed by atoms with van der Waals surface area (Å²) in [6.45, 7) is 7.82. The molecule has 5 aromatic rings. The number of pyridine rings is 1. The fourth-order valence-corrected chi connectivity index (χ4v) is 4.87. The minimum absolute atomic E-state index is 0.0122. The van der Waals surface area contributed by atoms with Gasteiger partial charge in [-0.1, -0.05) is 50.2 Å². The zero-order chi connectivity index (χ0) is 29.8. The van der Waals surface area contributed by atoms with Crippen LogP contribution in [0.2, 0.25) is 0 Å². The van der Waals surface area contributed by atoms with Gasteiger partial charge in [0.1, 0.15) is 11.6 Å². The monoisotopic (exact) mass is 568 g/mol. The highest BCUT2D eigenvalue weighted by Crippen LogP contribution is 2.32. The van der Waals surface area contributed by atoms with Crippen LogP contribution in [0.3, 0.4) is 0 Å². The van der Waals surface area contributed by atoms with Gasteiger partial charge in [-0.2, -0.15) is 5.16 Å². The van der Waals surface area contributed by atoms with E-state index in [1.54, 1.807) is 59.3 Å². The van der Waals surface area contributed by atoms with E-state index in [-0.39, 0.29) is 24.0 Å². The molecule has 0 unspecified atom stereocenters. The summed E-state index contributed by atoms with van der Waals surface area (Å²) in [5.74, 6) is 0.727. The zero-order valence-electron chi connectivity index (χ0n) is 23.9. The highest BCUT2D eigenvalue weighted by Gasteiger charge is 2.20. The van der Waals surface area contributed by atoms with Crippen molar-refractivity contribution < 1.29 is 18.8 Å². The van der Waals surface area contributed by atoms with E-state index in [1.165, 1.54) is 6.07 Å². The maximum absolute atomic E-state index is 15.7. The predicted molar refractivity (Wildman–Crippen MR) is 155 cm³/mol. The summed E-state index contributed by atoms with van der Waals surface area (Å²) >= 11 is 0. The van der Waals surface area contributed by atoms with Gasteiger partial charge in [0.05, 0.1) is 23.9 Å². The predicted octanol–water partition coefficient (Wildman–Crippen LogP) is 5.59. The number of rotatable bonds is 10. The molecule has 0 aliphatic rings. The molecule has 9 nitrogen and oxygen atoms in total. The Morgan fingerprint density at radius 2 is 1.79 bits per heavy atom. The first-order valence-electron chi connectivity index (χ1n) is 13.9.